The molecule has 59 valence electrons. The molecule has 0 amide bonds. The van der Waals surface area contributed by atoms with Gasteiger partial charge in [-0.05, 0) is 0 Å². The second-order valence-corrected chi connectivity index (χ2v) is 3.32. The van der Waals surface area contributed by atoms with Gasteiger partial charge in [0.25, 0.3) is 0 Å². The van der Waals surface area contributed by atoms with Crippen LogP contribution in [0, 0.1) is 0 Å². The van der Waals surface area contributed by atoms with Crippen molar-refractivity contribution in [3.8, 4) is 0 Å². The van der Waals surface area contributed by atoms with Crippen LogP contribution < -0.4 is 37.2 Å². The molecule has 0 fully saturated rings. The van der Waals surface area contributed by atoms with Crippen molar-refractivity contribution in [3.05, 3.63) is 0 Å². The average molecular weight is 250 g/mol. The molecule has 0 bridgehead atoms. The van der Waals surface area contributed by atoms with Crippen molar-refractivity contribution in [1.82, 2.24) is 0 Å². The van der Waals surface area contributed by atoms with Crippen LogP contribution in [-0.2, 0) is 16.8 Å². The average Bonchev–Trinajstić information content (AvgIpc) is 1.41. The summed E-state index contributed by atoms with van der Waals surface area (Å²) in [5, 5.41) is 2.85. The van der Waals surface area contributed by atoms with E-state index in [9.17, 15) is 0 Å². The number of hydrogen-bond donors (Lipinski definition) is 0. The topological polar surface area (TPSA) is 0 Å². The van der Waals surface area contributed by atoms with E-state index in [0.29, 0.717) is 0 Å². The van der Waals surface area contributed by atoms with E-state index in [1.54, 1.807) is 0 Å². The molecule has 0 aliphatic rings. The van der Waals surface area contributed by atoms with Crippen LogP contribution in [0.2, 0.25) is 10.6 Å². The van der Waals surface area contributed by atoms with Gasteiger partial charge in [0.1, 0.15) is 0 Å². The second-order valence-electron chi connectivity index (χ2n) is 1.11. The number of hydrogen-bond acceptors (Lipinski definition) is 0. The van der Waals surface area contributed by atoms with Crippen molar-refractivity contribution in [1.29, 1.82) is 0 Å². The molecule has 0 unspecified atom stereocenters. The van der Waals surface area contributed by atoms with E-state index >= 15 is 0 Å². The Morgan fingerprint density at radius 1 is 0.889 bits per heavy atom. The van der Waals surface area contributed by atoms with Crippen LogP contribution in [0.1, 0.15) is 13.8 Å². The zero-order valence-electron chi connectivity index (χ0n) is 5.46. The Hall–Kier alpha value is 1.91. The molecule has 0 spiro atoms. The number of rotatable bonds is 2. The minimum Gasteiger partial charge on any atom is -1.00 e. The molecule has 0 saturated carbocycles. The monoisotopic (exact) mass is 249 g/mol. The third kappa shape index (κ3) is 40.6. The van der Waals surface area contributed by atoms with Gasteiger partial charge in [-0.3, -0.25) is 0 Å². The molecule has 0 saturated heterocycles. The Kier molecular flexibility index (Phi) is 111. The first kappa shape index (κ1) is 30.7. The second kappa shape index (κ2) is 32.6. The Morgan fingerprint density at radius 2 is 1.11 bits per heavy atom. The molecule has 9 heavy (non-hydrogen) atoms. The molecule has 0 aliphatic carbocycles. The maximum Gasteiger partial charge on any atom is 2.00 e. The molecule has 0 nitrogen and oxygen atoms in total. The minimum atomic E-state index is 0. The fourth-order valence-corrected chi connectivity index (χ4v) is 0.866. The van der Waals surface area contributed by atoms with E-state index in [4.69, 9.17) is 0 Å². The van der Waals surface area contributed by atoms with E-state index in [2.05, 4.69) is 13.8 Å². The molecular weight excluding hydrogens is 240 g/mol. The third-order valence-corrected chi connectivity index (χ3v) is 1.73. The summed E-state index contributed by atoms with van der Waals surface area (Å²) in [6.07, 6.45) is 0. The van der Waals surface area contributed by atoms with Gasteiger partial charge < -0.3 is 37.2 Å². The first-order valence-corrected chi connectivity index (χ1v) is 3.86. The van der Waals surface area contributed by atoms with Gasteiger partial charge in [-0.1, -0.05) is 0 Å². The summed E-state index contributed by atoms with van der Waals surface area (Å²) < 4.78 is 0. The fourth-order valence-electron chi connectivity index (χ4n) is 0.289. The van der Waals surface area contributed by atoms with Crippen molar-refractivity contribution in [2.75, 3.05) is 0 Å². The third-order valence-electron chi connectivity index (χ3n) is 0.577. The van der Waals surface area contributed by atoms with Gasteiger partial charge in [0.15, 0.2) is 0 Å². The van der Waals surface area contributed by atoms with Gasteiger partial charge in [-0.25, -0.2) is 0 Å². The van der Waals surface area contributed by atoms with E-state index in [-0.39, 0.29) is 54.0 Å². The maximum absolute atomic E-state index is 2.25. The van der Waals surface area contributed by atoms with Crippen LogP contribution in [0.5, 0.6) is 0 Å². The van der Waals surface area contributed by atoms with Crippen molar-refractivity contribution in [2.45, 2.75) is 24.4 Å². The van der Waals surface area contributed by atoms with Gasteiger partial charge in [-0.15, -0.1) is 0 Å². The smallest absolute Gasteiger partial charge is 1.00 e. The van der Waals surface area contributed by atoms with Crippen LogP contribution in [0.3, 0.4) is 0 Å². The van der Waals surface area contributed by atoms with Crippen molar-refractivity contribution >= 4 is 15.2 Å². The Balaban J connectivity index is -0.0000000133. The summed E-state index contributed by atoms with van der Waals surface area (Å²) in [6.45, 7) is 4.50. The summed E-state index contributed by atoms with van der Waals surface area (Å²) in [5.41, 5.74) is 0. The van der Waals surface area contributed by atoms with E-state index in [1.165, 1.54) is 10.6 Å². The zero-order chi connectivity index (χ0) is 4.12. The van der Waals surface area contributed by atoms with Gasteiger partial charge in [0, 0.05) is 0 Å². The molecule has 1 radical (unpaired) electrons. The molecule has 0 aromatic rings. The number of halogens is 3. The predicted molar refractivity (Wildman–Crippen MR) is 26.7 cm³/mol. The molecule has 0 N–H and O–H groups in total. The van der Waals surface area contributed by atoms with Crippen LogP contribution in [0.4, 0.5) is 0 Å². The van der Waals surface area contributed by atoms with Crippen molar-refractivity contribution < 1.29 is 54.0 Å². The molecule has 0 aromatic carbocycles. The zero-order valence-corrected chi connectivity index (χ0v) is 9.92. The Morgan fingerprint density at radius 3 is 1.11 bits per heavy atom. The van der Waals surface area contributed by atoms with Crippen LogP contribution >= 0.6 is 0 Å². The molecule has 5 heteroatoms. The maximum atomic E-state index is 2.25. The Labute approximate surface area is 93.1 Å². The predicted octanol–water partition coefficient (Wildman–Crippen LogP) is -7.42. The molecule has 0 rings (SSSR count). The van der Waals surface area contributed by atoms with E-state index in [0.717, 1.165) is 15.2 Å². The SMILES string of the molecule is C[CH2][Al+][CH2]C.[Cl-].[Cl-].[Cl-].[Co+2]. The molecular formula is C4H10AlCl3Co. The van der Waals surface area contributed by atoms with E-state index < -0.39 is 0 Å². The first-order valence-electron chi connectivity index (χ1n) is 2.23. The summed E-state index contributed by atoms with van der Waals surface area (Å²) in [5.74, 6) is 0. The summed E-state index contributed by atoms with van der Waals surface area (Å²) >= 11 is 0.815. The van der Waals surface area contributed by atoms with Gasteiger partial charge in [0.05, 0.1) is 0 Å². The molecule has 0 aliphatic heterocycles. The Bertz CT molecular complexity index is 23.3. The first-order chi connectivity index (χ1) is 2.41. The normalized spacial score (nSPS) is 3.78. The van der Waals surface area contributed by atoms with E-state index in [1.807, 2.05) is 0 Å². The van der Waals surface area contributed by atoms with Crippen molar-refractivity contribution in [2.24, 2.45) is 0 Å². The van der Waals surface area contributed by atoms with Gasteiger partial charge in [0.2, 0.25) is 0 Å². The molecule has 0 heterocycles. The standard InChI is InChI=1S/2C2H5.Al.3ClH.Co/c2*1-2;;;;;/h2*1H2,2H3;;3*1H;/q;;+1;;;;+2/p-3. The van der Waals surface area contributed by atoms with Gasteiger partial charge in [-0.2, -0.15) is 0 Å². The summed E-state index contributed by atoms with van der Waals surface area (Å²) in [4.78, 5) is 0. The quantitative estimate of drug-likeness (QED) is 0.427. The fraction of sp³-hybridized carbons (Fsp3) is 1.00. The molecule has 0 aromatic heterocycles. The van der Waals surface area contributed by atoms with Crippen LogP contribution in [0.25, 0.3) is 0 Å². The minimum absolute atomic E-state index is 0. The largest absolute Gasteiger partial charge is 2.00 e. The molecule has 0 atom stereocenters. The van der Waals surface area contributed by atoms with Crippen molar-refractivity contribution in [3.63, 3.8) is 0 Å². The van der Waals surface area contributed by atoms with Crippen LogP contribution in [0.15, 0.2) is 0 Å². The van der Waals surface area contributed by atoms with Gasteiger partial charge >= 0.3 is 56.4 Å². The summed E-state index contributed by atoms with van der Waals surface area (Å²) in [7, 11) is 0. The summed E-state index contributed by atoms with van der Waals surface area (Å²) in [6, 6.07) is 0. The van der Waals surface area contributed by atoms with Crippen LogP contribution in [-0.4, -0.2) is 15.2 Å².